The molecule has 0 saturated carbocycles. The standard InChI is InChI=1S/C20H19N3O4S.Na/c24-16(11-20(19(26)27)9-13-3-1-2-4-14(13)10-20)21-6-7-23-12-22-17-15(18(23)25)5-8-28-17;/h1-5,8,12H,6-7,9-11H2,(H,21,24)(H,26,27);/q;+1/p-1. The molecule has 1 amide bonds. The summed E-state index contributed by atoms with van der Waals surface area (Å²) >= 11 is 1.40. The third-order valence-corrected chi connectivity index (χ3v) is 6.05. The zero-order valence-electron chi connectivity index (χ0n) is 16.0. The molecule has 0 radical (unpaired) electrons. The number of nitrogens with zero attached hydrogens (tertiary/aromatic N) is 2. The molecule has 1 N–H and O–H groups in total. The van der Waals surface area contributed by atoms with Crippen molar-refractivity contribution in [3.63, 3.8) is 0 Å². The Kier molecular flexibility index (Phi) is 6.58. The summed E-state index contributed by atoms with van der Waals surface area (Å²) < 4.78 is 1.44. The number of carboxylic acid groups (broad SMARTS) is 1. The van der Waals surface area contributed by atoms with Gasteiger partial charge in [0.25, 0.3) is 5.56 Å². The summed E-state index contributed by atoms with van der Waals surface area (Å²) in [6, 6.07) is 9.22. The van der Waals surface area contributed by atoms with Crippen molar-refractivity contribution in [3.8, 4) is 0 Å². The van der Waals surface area contributed by atoms with Gasteiger partial charge in [0.15, 0.2) is 0 Å². The number of hydrogen-bond acceptors (Lipinski definition) is 6. The predicted octanol–water partition coefficient (Wildman–Crippen LogP) is -2.50. The van der Waals surface area contributed by atoms with E-state index < -0.39 is 11.4 Å². The van der Waals surface area contributed by atoms with Gasteiger partial charge >= 0.3 is 29.6 Å². The van der Waals surface area contributed by atoms with Crippen molar-refractivity contribution in [3.05, 3.63) is 63.5 Å². The number of aliphatic carboxylic acids is 1. The number of hydrogen-bond donors (Lipinski definition) is 1. The average molecular weight is 419 g/mol. The molecule has 0 atom stereocenters. The molecule has 0 bridgehead atoms. The molecule has 1 aliphatic carbocycles. The smallest absolute Gasteiger partial charge is 0.550 e. The van der Waals surface area contributed by atoms with Crippen LogP contribution in [0.2, 0.25) is 0 Å². The van der Waals surface area contributed by atoms with Gasteiger partial charge in [0.2, 0.25) is 5.91 Å². The van der Waals surface area contributed by atoms with E-state index in [0.29, 0.717) is 10.2 Å². The van der Waals surface area contributed by atoms with Gasteiger partial charge in [-0.3, -0.25) is 14.2 Å². The molecule has 2 aromatic heterocycles. The van der Waals surface area contributed by atoms with Gasteiger partial charge in [-0.1, -0.05) is 24.3 Å². The van der Waals surface area contributed by atoms with E-state index in [2.05, 4.69) is 10.3 Å². The fourth-order valence-corrected chi connectivity index (χ4v) is 4.50. The number of aromatic nitrogens is 2. The number of thiophene rings is 1. The van der Waals surface area contributed by atoms with Crippen molar-refractivity contribution in [2.45, 2.75) is 25.8 Å². The minimum absolute atomic E-state index is 0. The van der Waals surface area contributed by atoms with Gasteiger partial charge in [0.05, 0.1) is 11.7 Å². The van der Waals surface area contributed by atoms with Crippen LogP contribution in [0.15, 0.2) is 46.8 Å². The van der Waals surface area contributed by atoms with Crippen LogP contribution in [-0.2, 0) is 29.0 Å². The first-order chi connectivity index (χ1) is 13.5. The number of fused-ring (bicyclic) bond motifs is 2. The third-order valence-electron chi connectivity index (χ3n) is 5.23. The summed E-state index contributed by atoms with van der Waals surface area (Å²) in [5.41, 5.74) is 0.516. The minimum Gasteiger partial charge on any atom is -0.550 e. The fourth-order valence-electron chi connectivity index (χ4n) is 3.77. The zero-order valence-corrected chi connectivity index (χ0v) is 18.8. The summed E-state index contributed by atoms with van der Waals surface area (Å²) in [6.45, 7) is 0.480. The van der Waals surface area contributed by atoms with Gasteiger partial charge in [-0.25, -0.2) is 4.98 Å². The van der Waals surface area contributed by atoms with E-state index in [0.717, 1.165) is 11.1 Å². The molecule has 3 aromatic rings. The monoisotopic (exact) mass is 419 g/mol. The van der Waals surface area contributed by atoms with Gasteiger partial charge in [-0.2, -0.15) is 0 Å². The van der Waals surface area contributed by atoms with Crippen molar-refractivity contribution >= 4 is 33.4 Å². The van der Waals surface area contributed by atoms with Crippen molar-refractivity contribution < 1.29 is 44.3 Å². The number of carboxylic acids is 1. The van der Waals surface area contributed by atoms with Crippen LogP contribution in [0.4, 0.5) is 0 Å². The van der Waals surface area contributed by atoms with E-state index in [4.69, 9.17) is 0 Å². The van der Waals surface area contributed by atoms with E-state index in [-0.39, 0.29) is 73.4 Å². The van der Waals surface area contributed by atoms with Crippen LogP contribution in [0.25, 0.3) is 10.2 Å². The topological polar surface area (TPSA) is 104 Å². The van der Waals surface area contributed by atoms with Gasteiger partial charge in [0.1, 0.15) is 4.83 Å². The molecule has 1 aromatic carbocycles. The first-order valence-electron chi connectivity index (χ1n) is 8.96. The Hall–Kier alpha value is -2.00. The van der Waals surface area contributed by atoms with E-state index in [1.165, 1.54) is 22.2 Å². The second kappa shape index (κ2) is 8.79. The molecule has 2 heterocycles. The van der Waals surface area contributed by atoms with Gasteiger partial charge < -0.3 is 15.2 Å². The van der Waals surface area contributed by atoms with E-state index in [9.17, 15) is 19.5 Å². The first-order valence-corrected chi connectivity index (χ1v) is 9.84. The molecule has 4 rings (SSSR count). The molecule has 9 heteroatoms. The minimum atomic E-state index is -1.22. The maximum absolute atomic E-state index is 12.4. The van der Waals surface area contributed by atoms with E-state index >= 15 is 0 Å². The number of nitrogens with one attached hydrogen (secondary N) is 1. The van der Waals surface area contributed by atoms with Crippen LogP contribution in [0, 0.1) is 5.41 Å². The summed E-state index contributed by atoms with van der Waals surface area (Å²) in [5, 5.41) is 16.9. The maximum Gasteiger partial charge on any atom is 1.00 e. The zero-order chi connectivity index (χ0) is 19.7. The second-order valence-electron chi connectivity index (χ2n) is 7.10. The second-order valence-corrected chi connectivity index (χ2v) is 7.99. The number of benzene rings is 1. The molecule has 0 fully saturated rings. The molecular weight excluding hydrogens is 401 g/mol. The van der Waals surface area contributed by atoms with Crippen LogP contribution < -0.4 is 45.5 Å². The molecule has 144 valence electrons. The number of carbonyl (C=O) groups is 2. The van der Waals surface area contributed by atoms with Crippen LogP contribution in [-0.4, -0.2) is 28.0 Å². The van der Waals surface area contributed by atoms with E-state index in [1.54, 1.807) is 6.07 Å². The largest absolute Gasteiger partial charge is 1.00 e. The normalized spacial score (nSPS) is 14.2. The molecule has 0 saturated heterocycles. The molecule has 0 spiro atoms. The molecular formula is C20H18N3NaO4S. The molecule has 29 heavy (non-hydrogen) atoms. The summed E-state index contributed by atoms with van der Waals surface area (Å²) in [5.74, 6) is -1.57. The van der Waals surface area contributed by atoms with Crippen LogP contribution >= 0.6 is 11.3 Å². The van der Waals surface area contributed by atoms with Crippen molar-refractivity contribution in [2.24, 2.45) is 5.41 Å². The predicted molar refractivity (Wildman–Crippen MR) is 103 cm³/mol. The molecule has 7 nitrogen and oxygen atoms in total. The molecule has 0 unspecified atom stereocenters. The Balaban J connectivity index is 0.00000240. The van der Waals surface area contributed by atoms with E-state index in [1.807, 2.05) is 29.6 Å². The number of amides is 1. The van der Waals surface area contributed by atoms with Crippen LogP contribution in [0.3, 0.4) is 0 Å². The summed E-state index contributed by atoms with van der Waals surface area (Å²) in [7, 11) is 0. The Bertz CT molecular complexity index is 1100. The Morgan fingerprint density at radius 1 is 1.21 bits per heavy atom. The van der Waals surface area contributed by atoms with Crippen LogP contribution in [0.5, 0.6) is 0 Å². The van der Waals surface area contributed by atoms with Crippen LogP contribution in [0.1, 0.15) is 17.5 Å². The maximum atomic E-state index is 12.4. The first kappa shape index (κ1) is 21.7. The van der Waals surface area contributed by atoms with Gasteiger partial charge in [-0.05, 0) is 35.4 Å². The van der Waals surface area contributed by atoms with Gasteiger partial charge in [0, 0.05) is 30.9 Å². The van der Waals surface area contributed by atoms with Crippen molar-refractivity contribution in [2.75, 3.05) is 6.54 Å². The quantitative estimate of drug-likeness (QED) is 0.445. The SMILES string of the molecule is O=C(CC1(C(=O)[O-])Cc2ccccc2C1)NCCn1cnc2sccc2c1=O.[Na+]. The Morgan fingerprint density at radius 2 is 1.90 bits per heavy atom. The molecule has 0 aliphatic heterocycles. The summed E-state index contributed by atoms with van der Waals surface area (Å²) in [6.07, 6.45) is 1.89. The Morgan fingerprint density at radius 3 is 2.55 bits per heavy atom. The van der Waals surface area contributed by atoms with Crippen molar-refractivity contribution in [1.82, 2.24) is 14.9 Å². The number of carbonyl (C=O) groups excluding carboxylic acids is 2. The fraction of sp³-hybridized carbons (Fsp3) is 0.300. The third kappa shape index (κ3) is 4.30. The summed E-state index contributed by atoms with van der Waals surface area (Å²) in [4.78, 5) is 41.5. The molecule has 1 aliphatic rings. The van der Waals surface area contributed by atoms with Gasteiger partial charge in [-0.15, -0.1) is 11.3 Å². The number of rotatable bonds is 6. The average Bonchev–Trinajstić information content (AvgIpc) is 3.28. The van der Waals surface area contributed by atoms with Crippen molar-refractivity contribution in [1.29, 1.82) is 0 Å². The Labute approximate surface area is 193 Å².